The zero-order valence-corrected chi connectivity index (χ0v) is 18.5. The van der Waals surface area contributed by atoms with Gasteiger partial charge in [0.25, 0.3) is 0 Å². The summed E-state index contributed by atoms with van der Waals surface area (Å²) in [4.78, 5) is 18.9. The van der Waals surface area contributed by atoms with Crippen molar-refractivity contribution in [2.24, 2.45) is 0 Å². The molecule has 162 valence electrons. The van der Waals surface area contributed by atoms with E-state index in [1.54, 1.807) is 13.3 Å². The molecular formula is C26H27N5O. The highest BCUT2D eigenvalue weighted by molar-refractivity contribution is 5.91. The van der Waals surface area contributed by atoms with E-state index in [4.69, 9.17) is 14.7 Å². The molecule has 6 nitrogen and oxygen atoms in total. The molecular weight excluding hydrogens is 398 g/mol. The van der Waals surface area contributed by atoms with Crippen molar-refractivity contribution in [2.75, 3.05) is 38.2 Å². The van der Waals surface area contributed by atoms with Crippen LogP contribution in [0.25, 0.3) is 22.3 Å². The summed E-state index contributed by atoms with van der Waals surface area (Å²) in [5, 5.41) is 1.09. The van der Waals surface area contributed by atoms with Gasteiger partial charge >= 0.3 is 0 Å². The summed E-state index contributed by atoms with van der Waals surface area (Å²) in [6, 6.07) is 18.6. The zero-order chi connectivity index (χ0) is 21.9. The lowest BCUT2D eigenvalue weighted by molar-refractivity contribution is 0.245. The van der Waals surface area contributed by atoms with E-state index in [9.17, 15) is 0 Å². The Morgan fingerprint density at radius 1 is 0.938 bits per heavy atom. The van der Waals surface area contributed by atoms with Crippen molar-refractivity contribution >= 4 is 16.7 Å². The van der Waals surface area contributed by atoms with Gasteiger partial charge in [0, 0.05) is 61.6 Å². The second-order valence-corrected chi connectivity index (χ2v) is 8.21. The summed E-state index contributed by atoms with van der Waals surface area (Å²) < 4.78 is 5.58. The lowest BCUT2D eigenvalue weighted by Gasteiger charge is -2.36. The Hall–Kier alpha value is -3.51. The Kier molecular flexibility index (Phi) is 5.69. The maximum absolute atomic E-state index is 5.58. The van der Waals surface area contributed by atoms with Crippen molar-refractivity contribution in [3.63, 3.8) is 0 Å². The van der Waals surface area contributed by atoms with Gasteiger partial charge in [-0.1, -0.05) is 29.8 Å². The second-order valence-electron chi connectivity index (χ2n) is 8.21. The van der Waals surface area contributed by atoms with Gasteiger partial charge in [-0.2, -0.15) is 0 Å². The van der Waals surface area contributed by atoms with Crippen LogP contribution in [0.5, 0.6) is 5.75 Å². The maximum Gasteiger partial charge on any atom is 0.163 e. The number of methoxy groups -OCH3 is 1. The molecule has 2 aromatic heterocycles. The number of ether oxygens (including phenoxy) is 1. The fourth-order valence-corrected chi connectivity index (χ4v) is 4.31. The van der Waals surface area contributed by atoms with Crippen LogP contribution in [0.2, 0.25) is 0 Å². The van der Waals surface area contributed by atoms with E-state index in [1.807, 2.05) is 24.4 Å². The molecule has 0 N–H and O–H groups in total. The summed E-state index contributed by atoms with van der Waals surface area (Å²) in [5.41, 5.74) is 4.40. The Bertz CT molecular complexity index is 1220. The number of aryl methyl sites for hydroxylation is 1. The SMILES string of the molecule is COc1ccc(C)cc1CN1CCN(c2nc(-c3cccnc3)nc3ccccc23)CC1. The summed E-state index contributed by atoms with van der Waals surface area (Å²) >= 11 is 0. The van der Waals surface area contributed by atoms with E-state index in [1.165, 1.54) is 11.1 Å². The fourth-order valence-electron chi connectivity index (χ4n) is 4.31. The van der Waals surface area contributed by atoms with Gasteiger partial charge in [-0.15, -0.1) is 0 Å². The molecule has 6 heteroatoms. The van der Waals surface area contributed by atoms with E-state index < -0.39 is 0 Å². The molecule has 0 saturated carbocycles. The molecule has 0 bridgehead atoms. The minimum absolute atomic E-state index is 0.721. The van der Waals surface area contributed by atoms with Gasteiger partial charge < -0.3 is 9.64 Å². The van der Waals surface area contributed by atoms with Gasteiger partial charge in [0.1, 0.15) is 11.6 Å². The number of nitrogens with zero attached hydrogens (tertiary/aromatic N) is 5. The summed E-state index contributed by atoms with van der Waals surface area (Å²) in [5.74, 6) is 2.68. The monoisotopic (exact) mass is 425 g/mol. The normalized spacial score (nSPS) is 14.6. The van der Waals surface area contributed by atoms with E-state index in [2.05, 4.69) is 58.1 Å². The fraction of sp³-hybridized carbons (Fsp3) is 0.269. The maximum atomic E-state index is 5.58. The van der Waals surface area contributed by atoms with Gasteiger partial charge in [0.2, 0.25) is 0 Å². The molecule has 1 saturated heterocycles. The molecule has 32 heavy (non-hydrogen) atoms. The van der Waals surface area contributed by atoms with E-state index in [0.717, 1.165) is 66.6 Å². The molecule has 5 rings (SSSR count). The number of rotatable bonds is 5. The largest absolute Gasteiger partial charge is 0.496 e. The van der Waals surface area contributed by atoms with E-state index >= 15 is 0 Å². The van der Waals surface area contributed by atoms with Crippen molar-refractivity contribution in [1.29, 1.82) is 0 Å². The molecule has 0 unspecified atom stereocenters. The average molecular weight is 426 g/mol. The molecule has 0 spiro atoms. The molecule has 0 atom stereocenters. The van der Waals surface area contributed by atoms with Gasteiger partial charge in [-0.05, 0) is 37.3 Å². The molecule has 2 aromatic carbocycles. The van der Waals surface area contributed by atoms with Gasteiger partial charge in [0.15, 0.2) is 5.82 Å². The van der Waals surface area contributed by atoms with Crippen LogP contribution >= 0.6 is 0 Å². The van der Waals surface area contributed by atoms with Crippen LogP contribution in [0.3, 0.4) is 0 Å². The Balaban J connectivity index is 1.39. The highest BCUT2D eigenvalue weighted by Crippen LogP contribution is 2.29. The molecule has 1 fully saturated rings. The minimum Gasteiger partial charge on any atom is -0.496 e. The number of para-hydroxylation sites is 1. The first kappa shape index (κ1) is 20.4. The lowest BCUT2D eigenvalue weighted by atomic mass is 10.1. The molecule has 3 heterocycles. The van der Waals surface area contributed by atoms with Crippen LogP contribution in [0.15, 0.2) is 67.0 Å². The number of aromatic nitrogens is 3. The van der Waals surface area contributed by atoms with E-state index in [-0.39, 0.29) is 0 Å². The highest BCUT2D eigenvalue weighted by atomic mass is 16.5. The number of benzene rings is 2. The molecule has 1 aliphatic rings. The topological polar surface area (TPSA) is 54.4 Å². The van der Waals surface area contributed by atoms with Crippen LogP contribution in [0, 0.1) is 6.92 Å². The first-order valence-corrected chi connectivity index (χ1v) is 11.0. The van der Waals surface area contributed by atoms with Crippen LogP contribution in [0.4, 0.5) is 5.82 Å². The molecule has 0 radical (unpaired) electrons. The van der Waals surface area contributed by atoms with Crippen molar-refractivity contribution < 1.29 is 4.74 Å². The zero-order valence-electron chi connectivity index (χ0n) is 18.5. The summed E-state index contributed by atoms with van der Waals surface area (Å²) in [7, 11) is 1.74. The van der Waals surface area contributed by atoms with Gasteiger partial charge in [0.05, 0.1) is 12.6 Å². The van der Waals surface area contributed by atoms with Crippen LogP contribution in [0.1, 0.15) is 11.1 Å². The highest BCUT2D eigenvalue weighted by Gasteiger charge is 2.22. The summed E-state index contributed by atoms with van der Waals surface area (Å²) in [6.07, 6.45) is 3.59. The van der Waals surface area contributed by atoms with E-state index in [0.29, 0.717) is 0 Å². The Morgan fingerprint density at radius 3 is 2.56 bits per heavy atom. The second kappa shape index (κ2) is 8.93. The first-order chi connectivity index (χ1) is 15.7. The quantitative estimate of drug-likeness (QED) is 0.474. The Labute approximate surface area is 188 Å². The van der Waals surface area contributed by atoms with Crippen molar-refractivity contribution in [1.82, 2.24) is 19.9 Å². The van der Waals surface area contributed by atoms with Crippen LogP contribution in [-0.2, 0) is 6.54 Å². The number of anilines is 1. The van der Waals surface area contributed by atoms with Crippen LogP contribution in [-0.4, -0.2) is 53.1 Å². The standard InChI is InChI=1S/C26H27N5O/c1-19-9-10-24(32-2)21(16-19)18-30-12-14-31(15-13-30)26-22-7-3-4-8-23(22)28-25(29-26)20-6-5-11-27-17-20/h3-11,16-17H,12-15,18H2,1-2H3. The third kappa shape index (κ3) is 4.14. The van der Waals surface area contributed by atoms with Crippen molar-refractivity contribution in [3.05, 3.63) is 78.1 Å². The third-order valence-corrected chi connectivity index (χ3v) is 6.00. The molecule has 4 aromatic rings. The smallest absolute Gasteiger partial charge is 0.163 e. The van der Waals surface area contributed by atoms with Crippen molar-refractivity contribution in [2.45, 2.75) is 13.5 Å². The number of pyridine rings is 1. The third-order valence-electron chi connectivity index (χ3n) is 6.00. The van der Waals surface area contributed by atoms with Gasteiger partial charge in [-0.25, -0.2) is 9.97 Å². The lowest BCUT2D eigenvalue weighted by Crippen LogP contribution is -2.46. The first-order valence-electron chi connectivity index (χ1n) is 11.0. The molecule has 0 amide bonds. The van der Waals surface area contributed by atoms with Gasteiger partial charge in [-0.3, -0.25) is 9.88 Å². The predicted molar refractivity (Wildman–Crippen MR) is 128 cm³/mol. The molecule has 0 aliphatic carbocycles. The summed E-state index contributed by atoms with van der Waals surface area (Å²) in [6.45, 7) is 6.80. The van der Waals surface area contributed by atoms with Crippen LogP contribution < -0.4 is 9.64 Å². The molecule has 1 aliphatic heterocycles. The number of hydrogen-bond donors (Lipinski definition) is 0. The number of hydrogen-bond acceptors (Lipinski definition) is 6. The number of piperazine rings is 1. The predicted octanol–water partition coefficient (Wildman–Crippen LogP) is 4.33. The van der Waals surface area contributed by atoms with Crippen molar-refractivity contribution in [3.8, 4) is 17.1 Å². The number of fused-ring (bicyclic) bond motifs is 1. The average Bonchev–Trinajstić information content (AvgIpc) is 2.84. The minimum atomic E-state index is 0.721. The Morgan fingerprint density at radius 2 is 1.78 bits per heavy atom.